The fraction of sp³-hybridized carbons (Fsp3) is 0.500. The van der Waals surface area contributed by atoms with Gasteiger partial charge in [0.2, 0.25) is 0 Å². The fourth-order valence-electron chi connectivity index (χ4n) is 1.73. The van der Waals surface area contributed by atoms with Crippen LogP contribution in [0.3, 0.4) is 0 Å². The van der Waals surface area contributed by atoms with Gasteiger partial charge < -0.3 is 10.2 Å². The number of hydrogen-bond acceptors (Lipinski definition) is 2. The molecule has 0 aliphatic carbocycles. The zero-order valence-electron chi connectivity index (χ0n) is 8.88. The number of rotatable bonds is 4. The molecule has 0 bridgehead atoms. The molecule has 0 spiro atoms. The van der Waals surface area contributed by atoms with Crippen molar-refractivity contribution in [3.8, 4) is 0 Å². The Morgan fingerprint density at radius 2 is 1.29 bits per heavy atom. The molecule has 0 unspecified atom stereocenters. The summed E-state index contributed by atoms with van der Waals surface area (Å²) in [6, 6.07) is 4.22. The summed E-state index contributed by atoms with van der Waals surface area (Å²) in [6.45, 7) is 4.48. The van der Waals surface area contributed by atoms with Crippen LogP contribution in [0.15, 0.2) is 12.1 Å². The molecule has 0 atom stereocenters. The number of aliphatic hydroxyl groups excluding tert-OH is 2. The molecule has 14 heavy (non-hydrogen) atoms. The highest BCUT2D eigenvalue weighted by molar-refractivity contribution is 5.37. The lowest BCUT2D eigenvalue weighted by atomic mass is 9.97. The van der Waals surface area contributed by atoms with Gasteiger partial charge in [-0.15, -0.1) is 0 Å². The number of hydrogen-bond donors (Lipinski definition) is 2. The Balaban J connectivity index is 3.00. The molecule has 0 aromatic heterocycles. The van der Waals surface area contributed by atoms with Crippen LogP contribution in [-0.4, -0.2) is 23.4 Å². The molecule has 2 nitrogen and oxygen atoms in total. The van der Waals surface area contributed by atoms with Gasteiger partial charge in [0.05, 0.1) is 0 Å². The summed E-state index contributed by atoms with van der Waals surface area (Å²) in [5.41, 5.74) is 4.81. The maximum atomic E-state index is 8.88. The van der Waals surface area contributed by atoms with E-state index in [0.717, 1.165) is 0 Å². The van der Waals surface area contributed by atoms with Crippen molar-refractivity contribution in [2.75, 3.05) is 13.2 Å². The Hall–Kier alpha value is -0.860. The number of aliphatic hydroxyl groups is 2. The minimum absolute atomic E-state index is 0.183. The third-order valence-electron chi connectivity index (χ3n) is 2.56. The zero-order valence-corrected chi connectivity index (χ0v) is 8.88. The molecule has 0 aliphatic rings. The molecule has 0 saturated carbocycles. The first kappa shape index (κ1) is 11.2. The molecular formula is C12H18O2. The van der Waals surface area contributed by atoms with Crippen LogP contribution < -0.4 is 0 Å². The monoisotopic (exact) mass is 194 g/mol. The topological polar surface area (TPSA) is 40.5 Å². The van der Waals surface area contributed by atoms with Crippen molar-refractivity contribution in [2.45, 2.75) is 26.7 Å². The van der Waals surface area contributed by atoms with Crippen molar-refractivity contribution < 1.29 is 10.2 Å². The van der Waals surface area contributed by atoms with E-state index in [1.807, 2.05) is 0 Å². The van der Waals surface area contributed by atoms with Gasteiger partial charge in [-0.05, 0) is 48.9 Å². The van der Waals surface area contributed by atoms with Crippen molar-refractivity contribution >= 4 is 0 Å². The van der Waals surface area contributed by atoms with E-state index in [9.17, 15) is 0 Å². The second kappa shape index (κ2) is 5.13. The van der Waals surface area contributed by atoms with E-state index < -0.39 is 0 Å². The van der Waals surface area contributed by atoms with Crippen LogP contribution in [-0.2, 0) is 12.8 Å². The molecule has 0 aliphatic heterocycles. The zero-order chi connectivity index (χ0) is 10.6. The Morgan fingerprint density at radius 3 is 1.64 bits per heavy atom. The van der Waals surface area contributed by atoms with Gasteiger partial charge in [0.25, 0.3) is 0 Å². The van der Waals surface area contributed by atoms with Crippen LogP contribution in [0.5, 0.6) is 0 Å². The second-order valence-electron chi connectivity index (χ2n) is 3.65. The van der Waals surface area contributed by atoms with Gasteiger partial charge in [-0.25, -0.2) is 0 Å². The largest absolute Gasteiger partial charge is 0.396 e. The lowest BCUT2D eigenvalue weighted by Crippen LogP contribution is -2.00. The fourth-order valence-corrected chi connectivity index (χ4v) is 1.73. The molecule has 0 saturated heterocycles. The Kier molecular flexibility index (Phi) is 4.11. The minimum Gasteiger partial charge on any atom is -0.396 e. The van der Waals surface area contributed by atoms with E-state index in [1.54, 1.807) is 0 Å². The molecule has 0 radical (unpaired) electrons. The molecule has 78 valence electrons. The molecule has 2 N–H and O–H groups in total. The number of aryl methyl sites for hydroxylation is 2. The van der Waals surface area contributed by atoms with Crippen molar-refractivity contribution in [3.63, 3.8) is 0 Å². The highest BCUT2D eigenvalue weighted by atomic mass is 16.3. The highest BCUT2D eigenvalue weighted by Crippen LogP contribution is 2.16. The molecule has 1 aromatic carbocycles. The van der Waals surface area contributed by atoms with Crippen LogP contribution in [0.2, 0.25) is 0 Å². The third kappa shape index (κ3) is 2.56. The Labute approximate surface area is 85.2 Å². The standard InChI is InChI=1S/C12H18O2/c1-9-7-10(2)12(4-6-14)8-11(9)3-5-13/h7-8,13-14H,3-6H2,1-2H3. The summed E-state index contributed by atoms with van der Waals surface area (Å²) in [5, 5.41) is 17.8. The van der Waals surface area contributed by atoms with E-state index in [2.05, 4.69) is 26.0 Å². The molecule has 1 aromatic rings. The molecule has 0 amide bonds. The van der Waals surface area contributed by atoms with Crippen molar-refractivity contribution in [2.24, 2.45) is 0 Å². The lowest BCUT2D eigenvalue weighted by Gasteiger charge is -2.10. The summed E-state index contributed by atoms with van der Waals surface area (Å²) in [6.07, 6.45) is 1.40. The minimum atomic E-state index is 0.183. The predicted molar refractivity (Wildman–Crippen MR) is 57.5 cm³/mol. The van der Waals surface area contributed by atoms with Crippen molar-refractivity contribution in [1.82, 2.24) is 0 Å². The van der Waals surface area contributed by atoms with Gasteiger partial charge in [0.15, 0.2) is 0 Å². The maximum Gasteiger partial charge on any atom is 0.0471 e. The van der Waals surface area contributed by atoms with E-state index in [0.29, 0.717) is 12.8 Å². The third-order valence-corrected chi connectivity index (χ3v) is 2.56. The molecule has 2 heteroatoms. The summed E-state index contributed by atoms with van der Waals surface area (Å²) in [7, 11) is 0. The molecular weight excluding hydrogens is 176 g/mol. The first-order valence-electron chi connectivity index (χ1n) is 4.99. The SMILES string of the molecule is Cc1cc(C)c(CCO)cc1CCO. The van der Waals surface area contributed by atoms with Gasteiger partial charge in [0.1, 0.15) is 0 Å². The van der Waals surface area contributed by atoms with Gasteiger partial charge >= 0.3 is 0 Å². The van der Waals surface area contributed by atoms with E-state index in [4.69, 9.17) is 10.2 Å². The van der Waals surface area contributed by atoms with Crippen molar-refractivity contribution in [3.05, 3.63) is 34.4 Å². The van der Waals surface area contributed by atoms with E-state index in [-0.39, 0.29) is 13.2 Å². The van der Waals surface area contributed by atoms with Gasteiger partial charge in [-0.3, -0.25) is 0 Å². The van der Waals surface area contributed by atoms with Crippen LogP contribution in [0.25, 0.3) is 0 Å². The average molecular weight is 194 g/mol. The second-order valence-corrected chi connectivity index (χ2v) is 3.65. The van der Waals surface area contributed by atoms with Crippen LogP contribution >= 0.6 is 0 Å². The summed E-state index contributed by atoms with van der Waals surface area (Å²) in [5.74, 6) is 0. The van der Waals surface area contributed by atoms with E-state index >= 15 is 0 Å². The lowest BCUT2D eigenvalue weighted by molar-refractivity contribution is 0.297. The van der Waals surface area contributed by atoms with Crippen molar-refractivity contribution in [1.29, 1.82) is 0 Å². The van der Waals surface area contributed by atoms with E-state index in [1.165, 1.54) is 22.3 Å². The summed E-state index contributed by atoms with van der Waals surface area (Å²) < 4.78 is 0. The maximum absolute atomic E-state index is 8.88. The molecule has 0 fully saturated rings. The Morgan fingerprint density at radius 1 is 0.857 bits per heavy atom. The number of benzene rings is 1. The van der Waals surface area contributed by atoms with Crippen LogP contribution in [0.4, 0.5) is 0 Å². The Bertz CT molecular complexity index is 278. The summed E-state index contributed by atoms with van der Waals surface area (Å²) in [4.78, 5) is 0. The van der Waals surface area contributed by atoms with Gasteiger partial charge in [0, 0.05) is 13.2 Å². The highest BCUT2D eigenvalue weighted by Gasteiger charge is 2.03. The quantitative estimate of drug-likeness (QED) is 0.760. The first-order valence-corrected chi connectivity index (χ1v) is 4.99. The predicted octanol–water partition coefficient (Wildman–Crippen LogP) is 1.37. The molecule has 0 heterocycles. The van der Waals surface area contributed by atoms with Crippen LogP contribution in [0.1, 0.15) is 22.3 Å². The average Bonchev–Trinajstić information content (AvgIpc) is 2.14. The first-order chi connectivity index (χ1) is 6.69. The summed E-state index contributed by atoms with van der Waals surface area (Å²) >= 11 is 0. The molecule has 1 rings (SSSR count). The van der Waals surface area contributed by atoms with Crippen LogP contribution in [0, 0.1) is 13.8 Å². The van der Waals surface area contributed by atoms with Gasteiger partial charge in [-0.2, -0.15) is 0 Å². The van der Waals surface area contributed by atoms with Gasteiger partial charge in [-0.1, -0.05) is 12.1 Å². The normalized spacial score (nSPS) is 10.6. The smallest absolute Gasteiger partial charge is 0.0471 e.